The Morgan fingerprint density at radius 2 is 1.95 bits per heavy atom. The lowest BCUT2D eigenvalue weighted by Gasteiger charge is -2.36. The fourth-order valence-electron chi connectivity index (χ4n) is 3.19. The first-order valence-electron chi connectivity index (χ1n) is 7.47. The number of rotatable bonds is 5. The molecule has 2 atom stereocenters. The zero-order valence-corrected chi connectivity index (χ0v) is 12.4. The molecule has 0 aromatic carbocycles. The highest BCUT2D eigenvalue weighted by Crippen LogP contribution is 2.24. The molecule has 2 fully saturated rings. The fourth-order valence-corrected chi connectivity index (χ4v) is 5.25. The van der Waals surface area contributed by atoms with Crippen molar-refractivity contribution in [1.29, 1.82) is 0 Å². The molecule has 0 aromatic rings. The largest absolute Gasteiger partial charge is 0.396 e. The second kappa shape index (κ2) is 7.02. The standard InChI is InChI=1S/C13H26N2O3S/c16-10-7-13-6-2-4-9-15(13)19(17,18)11-12-5-1-3-8-14-12/h12-14,16H,1-11H2. The number of piperidine rings is 2. The van der Waals surface area contributed by atoms with Crippen LogP contribution in [0, 0.1) is 0 Å². The predicted octanol–water partition coefficient (Wildman–Crippen LogP) is 0.695. The molecule has 2 aliphatic rings. The van der Waals surface area contributed by atoms with Crippen LogP contribution in [0.15, 0.2) is 0 Å². The Kier molecular flexibility index (Phi) is 5.62. The molecular formula is C13H26N2O3S. The van der Waals surface area contributed by atoms with Crippen molar-refractivity contribution < 1.29 is 13.5 Å². The molecule has 0 amide bonds. The van der Waals surface area contributed by atoms with Gasteiger partial charge in [0, 0.05) is 25.2 Å². The van der Waals surface area contributed by atoms with E-state index in [2.05, 4.69) is 5.32 Å². The van der Waals surface area contributed by atoms with Crippen LogP contribution in [0.5, 0.6) is 0 Å². The van der Waals surface area contributed by atoms with Crippen LogP contribution in [0.25, 0.3) is 0 Å². The lowest BCUT2D eigenvalue weighted by molar-refractivity contribution is 0.192. The molecule has 19 heavy (non-hydrogen) atoms. The SMILES string of the molecule is O=S(=O)(CC1CCCCN1)N1CCCCC1CCO. The maximum atomic E-state index is 12.5. The van der Waals surface area contributed by atoms with Crippen molar-refractivity contribution in [2.45, 2.75) is 57.0 Å². The Hall–Kier alpha value is -0.170. The molecule has 5 nitrogen and oxygen atoms in total. The van der Waals surface area contributed by atoms with Gasteiger partial charge in [-0.25, -0.2) is 8.42 Å². The summed E-state index contributed by atoms with van der Waals surface area (Å²) in [6, 6.07) is 0.114. The van der Waals surface area contributed by atoms with Crippen LogP contribution >= 0.6 is 0 Å². The first kappa shape index (κ1) is 15.2. The molecule has 2 heterocycles. The van der Waals surface area contributed by atoms with Crippen LogP contribution in [0.1, 0.15) is 44.9 Å². The zero-order chi connectivity index (χ0) is 13.7. The van der Waals surface area contributed by atoms with E-state index in [-0.39, 0.29) is 24.4 Å². The summed E-state index contributed by atoms with van der Waals surface area (Å²) in [7, 11) is -3.19. The van der Waals surface area contributed by atoms with Crippen molar-refractivity contribution in [3.05, 3.63) is 0 Å². The van der Waals surface area contributed by atoms with Gasteiger partial charge in [0.2, 0.25) is 10.0 Å². The van der Waals surface area contributed by atoms with Gasteiger partial charge in [0.15, 0.2) is 0 Å². The van der Waals surface area contributed by atoms with Crippen LogP contribution in [0.2, 0.25) is 0 Å². The highest BCUT2D eigenvalue weighted by atomic mass is 32.2. The first-order valence-corrected chi connectivity index (χ1v) is 9.08. The molecule has 0 radical (unpaired) electrons. The van der Waals surface area contributed by atoms with Gasteiger partial charge in [0.25, 0.3) is 0 Å². The van der Waals surface area contributed by atoms with Crippen molar-refractivity contribution in [3.63, 3.8) is 0 Å². The van der Waals surface area contributed by atoms with E-state index in [1.165, 1.54) is 0 Å². The number of sulfonamides is 1. The molecule has 2 saturated heterocycles. The molecule has 112 valence electrons. The molecule has 2 rings (SSSR count). The van der Waals surface area contributed by atoms with Gasteiger partial charge in [-0.2, -0.15) is 4.31 Å². The van der Waals surface area contributed by atoms with Crippen LogP contribution in [-0.4, -0.2) is 55.4 Å². The van der Waals surface area contributed by atoms with Gasteiger partial charge < -0.3 is 10.4 Å². The van der Waals surface area contributed by atoms with Gasteiger partial charge >= 0.3 is 0 Å². The Morgan fingerprint density at radius 3 is 2.63 bits per heavy atom. The highest BCUT2D eigenvalue weighted by Gasteiger charge is 2.33. The second-order valence-electron chi connectivity index (χ2n) is 5.70. The summed E-state index contributed by atoms with van der Waals surface area (Å²) in [6.07, 6.45) is 6.69. The molecule has 0 aromatic heterocycles. The normalized spacial score (nSPS) is 30.4. The Bertz CT molecular complexity index is 364. The lowest BCUT2D eigenvalue weighted by Crippen LogP contribution is -2.49. The molecule has 0 spiro atoms. The smallest absolute Gasteiger partial charge is 0.215 e. The maximum absolute atomic E-state index is 12.5. The number of hydrogen-bond acceptors (Lipinski definition) is 4. The minimum atomic E-state index is -3.19. The zero-order valence-electron chi connectivity index (χ0n) is 11.6. The molecular weight excluding hydrogens is 264 g/mol. The van der Waals surface area contributed by atoms with Gasteiger partial charge in [-0.05, 0) is 38.6 Å². The molecule has 2 unspecified atom stereocenters. The van der Waals surface area contributed by atoms with Crippen molar-refractivity contribution in [2.24, 2.45) is 0 Å². The fraction of sp³-hybridized carbons (Fsp3) is 1.00. The number of hydrogen-bond donors (Lipinski definition) is 2. The van der Waals surface area contributed by atoms with E-state index in [0.717, 1.165) is 45.1 Å². The van der Waals surface area contributed by atoms with Gasteiger partial charge in [0.1, 0.15) is 0 Å². The van der Waals surface area contributed by atoms with Crippen LogP contribution < -0.4 is 5.32 Å². The van der Waals surface area contributed by atoms with Gasteiger partial charge in [-0.3, -0.25) is 0 Å². The highest BCUT2D eigenvalue weighted by molar-refractivity contribution is 7.89. The predicted molar refractivity (Wildman–Crippen MR) is 75.5 cm³/mol. The molecule has 0 saturated carbocycles. The minimum absolute atomic E-state index is 0.00680. The van der Waals surface area contributed by atoms with Crippen LogP contribution in [-0.2, 0) is 10.0 Å². The summed E-state index contributed by atoms with van der Waals surface area (Å²) >= 11 is 0. The number of aliphatic hydroxyl groups excluding tert-OH is 1. The molecule has 0 bridgehead atoms. The van der Waals surface area contributed by atoms with Gasteiger partial charge in [-0.1, -0.05) is 12.8 Å². The number of nitrogens with one attached hydrogen (secondary N) is 1. The van der Waals surface area contributed by atoms with Gasteiger partial charge in [0.05, 0.1) is 5.75 Å². The van der Waals surface area contributed by atoms with Crippen LogP contribution in [0.4, 0.5) is 0 Å². The van der Waals surface area contributed by atoms with Crippen LogP contribution in [0.3, 0.4) is 0 Å². The summed E-state index contributed by atoms with van der Waals surface area (Å²) in [5.74, 6) is 0.217. The van der Waals surface area contributed by atoms with E-state index in [1.54, 1.807) is 4.31 Å². The summed E-state index contributed by atoms with van der Waals surface area (Å²) in [4.78, 5) is 0. The Morgan fingerprint density at radius 1 is 1.16 bits per heavy atom. The summed E-state index contributed by atoms with van der Waals surface area (Å²) in [6.45, 7) is 1.62. The van der Waals surface area contributed by atoms with E-state index in [9.17, 15) is 8.42 Å². The molecule has 2 aliphatic heterocycles. The first-order chi connectivity index (χ1) is 9.13. The Labute approximate surface area is 116 Å². The molecule has 0 aliphatic carbocycles. The quantitative estimate of drug-likeness (QED) is 0.782. The van der Waals surface area contributed by atoms with E-state index >= 15 is 0 Å². The van der Waals surface area contributed by atoms with Gasteiger partial charge in [-0.15, -0.1) is 0 Å². The topological polar surface area (TPSA) is 69.6 Å². The average molecular weight is 290 g/mol. The third-order valence-corrected chi connectivity index (χ3v) is 6.24. The third kappa shape index (κ3) is 4.15. The van der Waals surface area contributed by atoms with Crippen molar-refractivity contribution in [1.82, 2.24) is 9.62 Å². The average Bonchev–Trinajstić information content (AvgIpc) is 2.40. The number of aliphatic hydroxyl groups is 1. The minimum Gasteiger partial charge on any atom is -0.396 e. The summed E-state index contributed by atoms with van der Waals surface area (Å²) in [5.41, 5.74) is 0. The Balaban J connectivity index is 1.99. The second-order valence-corrected chi connectivity index (χ2v) is 7.66. The van der Waals surface area contributed by atoms with E-state index in [4.69, 9.17) is 5.11 Å². The van der Waals surface area contributed by atoms with E-state index in [0.29, 0.717) is 13.0 Å². The third-order valence-electron chi connectivity index (χ3n) is 4.22. The van der Waals surface area contributed by atoms with E-state index in [1.807, 2.05) is 0 Å². The monoisotopic (exact) mass is 290 g/mol. The van der Waals surface area contributed by atoms with E-state index < -0.39 is 10.0 Å². The van der Waals surface area contributed by atoms with Crippen molar-refractivity contribution in [3.8, 4) is 0 Å². The molecule has 2 N–H and O–H groups in total. The summed E-state index contributed by atoms with van der Waals surface area (Å²) in [5, 5.41) is 12.4. The van der Waals surface area contributed by atoms with Crippen molar-refractivity contribution >= 4 is 10.0 Å². The maximum Gasteiger partial charge on any atom is 0.215 e. The lowest BCUT2D eigenvalue weighted by atomic mass is 10.0. The molecule has 6 heteroatoms. The summed E-state index contributed by atoms with van der Waals surface area (Å²) < 4.78 is 26.7. The number of nitrogens with zero attached hydrogens (tertiary/aromatic N) is 1. The van der Waals surface area contributed by atoms with Crippen molar-refractivity contribution in [2.75, 3.05) is 25.4 Å².